The zero-order valence-electron chi connectivity index (χ0n) is 18.3. The Balaban J connectivity index is 1.68. The molecule has 0 bridgehead atoms. The lowest BCUT2D eigenvalue weighted by Crippen LogP contribution is -2.54. The number of aryl methyl sites for hydroxylation is 1. The van der Waals surface area contributed by atoms with Gasteiger partial charge in [-0.1, -0.05) is 18.2 Å². The number of furan rings is 1. The maximum absolute atomic E-state index is 13.2. The summed E-state index contributed by atoms with van der Waals surface area (Å²) in [5, 5.41) is 11.3. The van der Waals surface area contributed by atoms with Gasteiger partial charge >= 0.3 is 12.0 Å². The number of para-hydroxylation sites is 2. The van der Waals surface area contributed by atoms with Crippen LogP contribution in [-0.2, 0) is 9.59 Å². The molecule has 1 aliphatic rings. The summed E-state index contributed by atoms with van der Waals surface area (Å²) in [6, 6.07) is 13.5. The summed E-state index contributed by atoms with van der Waals surface area (Å²) >= 11 is 0. The fourth-order valence-electron chi connectivity index (χ4n) is 3.59. The van der Waals surface area contributed by atoms with Crippen LogP contribution in [-0.4, -0.2) is 35.5 Å². The van der Waals surface area contributed by atoms with Gasteiger partial charge in [-0.25, -0.2) is 14.5 Å². The van der Waals surface area contributed by atoms with Crippen molar-refractivity contribution in [3.63, 3.8) is 0 Å². The monoisotopic (exact) mass is 460 g/mol. The van der Waals surface area contributed by atoms with Crippen molar-refractivity contribution in [3.05, 3.63) is 77.1 Å². The molecule has 0 unspecified atom stereocenters. The van der Waals surface area contributed by atoms with Crippen LogP contribution in [0.2, 0.25) is 0 Å². The Morgan fingerprint density at radius 2 is 1.88 bits per heavy atom. The first-order valence-electron chi connectivity index (χ1n) is 10.4. The molecule has 2 N–H and O–H groups in total. The van der Waals surface area contributed by atoms with Gasteiger partial charge in [0.15, 0.2) is 0 Å². The number of aromatic carboxylic acids is 1. The molecule has 1 fully saturated rings. The van der Waals surface area contributed by atoms with Gasteiger partial charge in [0, 0.05) is 5.56 Å². The molecule has 1 aromatic heterocycles. The topological polar surface area (TPSA) is 126 Å². The number of carboxylic acid groups (broad SMARTS) is 1. The van der Waals surface area contributed by atoms with Gasteiger partial charge in [-0.2, -0.15) is 0 Å². The van der Waals surface area contributed by atoms with E-state index in [0.29, 0.717) is 29.2 Å². The van der Waals surface area contributed by atoms with Gasteiger partial charge in [0.2, 0.25) is 0 Å². The zero-order chi connectivity index (χ0) is 24.4. The SMILES string of the molecule is CCOc1ccccc1N1C(=O)NC(=O)/C(=C\c2ccc(-c3ccc(C(=O)O)cc3C)o2)C1=O. The maximum atomic E-state index is 13.2. The Morgan fingerprint density at radius 3 is 2.59 bits per heavy atom. The Kier molecular flexibility index (Phi) is 6.01. The Morgan fingerprint density at radius 1 is 1.12 bits per heavy atom. The highest BCUT2D eigenvalue weighted by Gasteiger charge is 2.38. The highest BCUT2D eigenvalue weighted by Crippen LogP contribution is 2.32. The molecule has 4 rings (SSSR count). The third kappa shape index (κ3) is 4.18. The molecule has 1 saturated heterocycles. The summed E-state index contributed by atoms with van der Waals surface area (Å²) in [5.41, 5.74) is 1.42. The van der Waals surface area contributed by atoms with Crippen LogP contribution in [0.25, 0.3) is 17.4 Å². The third-order valence-electron chi connectivity index (χ3n) is 5.16. The van der Waals surface area contributed by atoms with Crippen LogP contribution < -0.4 is 15.0 Å². The van der Waals surface area contributed by atoms with E-state index in [1.54, 1.807) is 56.3 Å². The van der Waals surface area contributed by atoms with Crippen molar-refractivity contribution < 1.29 is 33.4 Å². The molecule has 34 heavy (non-hydrogen) atoms. The number of anilines is 1. The number of imide groups is 2. The number of hydrogen-bond donors (Lipinski definition) is 2. The number of ether oxygens (including phenoxy) is 1. The minimum absolute atomic E-state index is 0.150. The number of carboxylic acids is 1. The van der Waals surface area contributed by atoms with Crippen molar-refractivity contribution in [2.45, 2.75) is 13.8 Å². The predicted octanol–water partition coefficient (Wildman–Crippen LogP) is 4.02. The molecule has 0 radical (unpaired) electrons. The minimum atomic E-state index is -1.04. The van der Waals surface area contributed by atoms with Crippen LogP contribution >= 0.6 is 0 Å². The van der Waals surface area contributed by atoms with E-state index in [1.165, 1.54) is 18.2 Å². The quantitative estimate of drug-likeness (QED) is 0.420. The molecular weight excluding hydrogens is 440 g/mol. The fourth-order valence-corrected chi connectivity index (χ4v) is 3.59. The summed E-state index contributed by atoms with van der Waals surface area (Å²) in [6.45, 7) is 3.85. The Bertz CT molecular complexity index is 1350. The molecule has 172 valence electrons. The zero-order valence-corrected chi connectivity index (χ0v) is 18.3. The fraction of sp³-hybridized carbons (Fsp3) is 0.120. The Labute approximate surface area is 194 Å². The number of nitrogens with one attached hydrogen (secondary N) is 1. The maximum Gasteiger partial charge on any atom is 0.336 e. The molecule has 9 nitrogen and oxygen atoms in total. The Hall–Kier alpha value is -4.66. The highest BCUT2D eigenvalue weighted by atomic mass is 16.5. The van der Waals surface area contributed by atoms with Crippen molar-refractivity contribution in [2.24, 2.45) is 0 Å². The summed E-state index contributed by atoms with van der Waals surface area (Å²) in [6.07, 6.45) is 1.25. The highest BCUT2D eigenvalue weighted by molar-refractivity contribution is 6.39. The van der Waals surface area contributed by atoms with E-state index in [0.717, 1.165) is 4.90 Å². The number of carbonyl (C=O) groups is 4. The lowest BCUT2D eigenvalue weighted by atomic mass is 10.0. The van der Waals surface area contributed by atoms with Gasteiger partial charge in [0.05, 0.1) is 17.9 Å². The van der Waals surface area contributed by atoms with E-state index in [1.807, 2.05) is 0 Å². The first-order chi connectivity index (χ1) is 16.3. The second-order valence-corrected chi connectivity index (χ2v) is 7.40. The van der Waals surface area contributed by atoms with E-state index in [4.69, 9.17) is 14.3 Å². The van der Waals surface area contributed by atoms with Crippen LogP contribution in [0.1, 0.15) is 28.6 Å². The molecule has 4 amide bonds. The number of carbonyl (C=O) groups excluding carboxylic acids is 3. The number of rotatable bonds is 6. The lowest BCUT2D eigenvalue weighted by Gasteiger charge is -2.27. The van der Waals surface area contributed by atoms with E-state index >= 15 is 0 Å². The number of amides is 4. The molecule has 1 aliphatic heterocycles. The van der Waals surface area contributed by atoms with Crippen LogP contribution in [0, 0.1) is 6.92 Å². The van der Waals surface area contributed by atoms with Crippen molar-refractivity contribution >= 4 is 35.6 Å². The number of barbiturate groups is 1. The van der Waals surface area contributed by atoms with Gasteiger partial charge in [-0.3, -0.25) is 14.9 Å². The molecule has 0 atom stereocenters. The predicted molar refractivity (Wildman–Crippen MR) is 122 cm³/mol. The molecule has 0 aliphatic carbocycles. The van der Waals surface area contributed by atoms with E-state index in [2.05, 4.69) is 5.32 Å². The van der Waals surface area contributed by atoms with E-state index < -0.39 is 23.8 Å². The first kappa shape index (κ1) is 22.5. The average molecular weight is 460 g/mol. The van der Waals surface area contributed by atoms with E-state index in [9.17, 15) is 19.2 Å². The first-order valence-corrected chi connectivity index (χ1v) is 10.4. The summed E-state index contributed by atoms with van der Waals surface area (Å²) in [4.78, 5) is 50.1. The normalized spacial score (nSPS) is 14.9. The van der Waals surface area contributed by atoms with Crippen LogP contribution in [0.4, 0.5) is 10.5 Å². The second kappa shape index (κ2) is 9.07. The van der Waals surface area contributed by atoms with Crippen LogP contribution in [0.3, 0.4) is 0 Å². The number of hydrogen-bond acceptors (Lipinski definition) is 6. The smallest absolute Gasteiger partial charge is 0.336 e. The molecule has 9 heteroatoms. The van der Waals surface area contributed by atoms with Gasteiger partial charge in [-0.15, -0.1) is 0 Å². The third-order valence-corrected chi connectivity index (χ3v) is 5.16. The van der Waals surface area contributed by atoms with Crippen molar-refractivity contribution in [2.75, 3.05) is 11.5 Å². The molecule has 0 saturated carbocycles. The molecule has 3 aromatic rings. The summed E-state index contributed by atoms with van der Waals surface area (Å²) in [7, 11) is 0. The van der Waals surface area contributed by atoms with Crippen molar-refractivity contribution in [3.8, 4) is 17.1 Å². The van der Waals surface area contributed by atoms with Crippen molar-refractivity contribution in [1.82, 2.24) is 5.32 Å². The molecule has 2 aromatic carbocycles. The largest absolute Gasteiger partial charge is 0.492 e. The summed E-state index contributed by atoms with van der Waals surface area (Å²) in [5.74, 6) is -1.74. The number of urea groups is 1. The molecule has 0 spiro atoms. The van der Waals surface area contributed by atoms with Gasteiger partial charge in [0.1, 0.15) is 22.8 Å². The minimum Gasteiger partial charge on any atom is -0.492 e. The molecular formula is C25H20N2O7. The number of benzene rings is 2. The van der Waals surface area contributed by atoms with Crippen LogP contribution in [0.5, 0.6) is 5.75 Å². The lowest BCUT2D eigenvalue weighted by molar-refractivity contribution is -0.122. The number of nitrogens with zero attached hydrogens (tertiary/aromatic N) is 1. The van der Waals surface area contributed by atoms with Gasteiger partial charge < -0.3 is 14.3 Å². The van der Waals surface area contributed by atoms with Crippen molar-refractivity contribution in [1.29, 1.82) is 0 Å². The summed E-state index contributed by atoms with van der Waals surface area (Å²) < 4.78 is 11.3. The second-order valence-electron chi connectivity index (χ2n) is 7.40. The molecule has 2 heterocycles. The van der Waals surface area contributed by atoms with Gasteiger partial charge in [0.25, 0.3) is 11.8 Å². The van der Waals surface area contributed by atoms with E-state index in [-0.39, 0.29) is 22.6 Å². The standard InChI is InChI=1S/C25H20N2O7/c1-3-33-21-7-5-4-6-19(21)27-23(29)18(22(28)26-25(27)32)13-16-9-11-20(34-16)17-10-8-15(24(30)31)12-14(17)2/h4-13H,3H2,1-2H3,(H,30,31)(H,26,28,32)/b18-13+. The van der Waals surface area contributed by atoms with Crippen LogP contribution in [0.15, 0.2) is 64.6 Å². The van der Waals surface area contributed by atoms with Gasteiger partial charge in [-0.05, 0) is 61.9 Å². The average Bonchev–Trinajstić information content (AvgIpc) is 3.26.